The van der Waals surface area contributed by atoms with Crippen LogP contribution in [0.15, 0.2) is 24.3 Å². The number of carboxylic acid groups (broad SMARTS) is 1. The fourth-order valence-corrected chi connectivity index (χ4v) is 3.58. The molecular formula is C18H23ClN2O3. The van der Waals surface area contributed by atoms with Crippen LogP contribution in [0.4, 0.5) is 4.79 Å². The summed E-state index contributed by atoms with van der Waals surface area (Å²) < 4.78 is 0. The molecule has 2 fully saturated rings. The molecule has 130 valence electrons. The van der Waals surface area contributed by atoms with Crippen LogP contribution >= 0.6 is 11.6 Å². The molecule has 1 heterocycles. The van der Waals surface area contributed by atoms with Gasteiger partial charge in [0.1, 0.15) is 0 Å². The number of carboxylic acids is 1. The third-order valence-electron chi connectivity index (χ3n) is 5.41. The van der Waals surface area contributed by atoms with Gasteiger partial charge in [0.25, 0.3) is 0 Å². The van der Waals surface area contributed by atoms with Crippen molar-refractivity contribution in [3.63, 3.8) is 0 Å². The van der Waals surface area contributed by atoms with Gasteiger partial charge in [0.2, 0.25) is 0 Å². The lowest BCUT2D eigenvalue weighted by Gasteiger charge is -2.35. The average molecular weight is 351 g/mol. The first kappa shape index (κ1) is 17.1. The summed E-state index contributed by atoms with van der Waals surface area (Å²) in [7, 11) is 0. The molecule has 2 N–H and O–H groups in total. The van der Waals surface area contributed by atoms with Crippen LogP contribution in [0.1, 0.15) is 44.2 Å². The maximum atomic E-state index is 12.6. The van der Waals surface area contributed by atoms with Crippen LogP contribution in [-0.4, -0.2) is 35.1 Å². The Labute approximate surface area is 147 Å². The lowest BCUT2D eigenvalue weighted by molar-refractivity contribution is -0.147. The number of nitrogens with zero attached hydrogens (tertiary/aromatic N) is 1. The Bertz CT molecular complexity index is 630. The molecule has 1 aliphatic carbocycles. The van der Waals surface area contributed by atoms with E-state index in [4.69, 9.17) is 11.6 Å². The van der Waals surface area contributed by atoms with Crippen LogP contribution in [0.5, 0.6) is 0 Å². The Kier molecular flexibility index (Phi) is 4.72. The highest BCUT2D eigenvalue weighted by Gasteiger charge is 2.43. The topological polar surface area (TPSA) is 69.6 Å². The van der Waals surface area contributed by atoms with Crippen molar-refractivity contribution >= 4 is 23.6 Å². The van der Waals surface area contributed by atoms with Gasteiger partial charge in [0.05, 0.1) is 11.5 Å². The van der Waals surface area contributed by atoms with Gasteiger partial charge in [-0.25, -0.2) is 4.79 Å². The fourth-order valence-electron chi connectivity index (χ4n) is 3.45. The Morgan fingerprint density at radius 2 is 2.00 bits per heavy atom. The summed E-state index contributed by atoms with van der Waals surface area (Å²) in [6.07, 6.45) is 3.87. The third-order valence-corrected chi connectivity index (χ3v) is 5.66. The first-order chi connectivity index (χ1) is 11.4. The second-order valence-electron chi connectivity index (χ2n) is 7.21. The fraction of sp³-hybridized carbons (Fsp3) is 0.556. The molecule has 5 nitrogen and oxygen atoms in total. The summed E-state index contributed by atoms with van der Waals surface area (Å²) in [5, 5.41) is 13.1. The van der Waals surface area contributed by atoms with Gasteiger partial charge in [0.15, 0.2) is 0 Å². The van der Waals surface area contributed by atoms with E-state index in [-0.39, 0.29) is 18.6 Å². The Morgan fingerprint density at radius 3 is 2.50 bits per heavy atom. The highest BCUT2D eigenvalue weighted by atomic mass is 35.5. The molecule has 1 saturated heterocycles. The normalized spacial score (nSPS) is 25.2. The lowest BCUT2D eigenvalue weighted by atomic mass is 9.77. The minimum absolute atomic E-state index is 0.0415. The first-order valence-electron chi connectivity index (χ1n) is 8.43. The summed E-state index contributed by atoms with van der Waals surface area (Å²) >= 11 is 5.96. The maximum absolute atomic E-state index is 12.6. The number of benzene rings is 1. The Balaban J connectivity index is 1.70. The molecule has 1 aliphatic heterocycles. The van der Waals surface area contributed by atoms with Gasteiger partial charge >= 0.3 is 12.0 Å². The monoisotopic (exact) mass is 350 g/mol. The van der Waals surface area contributed by atoms with Crippen LogP contribution in [0.3, 0.4) is 0 Å². The third kappa shape index (κ3) is 3.36. The van der Waals surface area contributed by atoms with E-state index in [9.17, 15) is 14.7 Å². The van der Waals surface area contributed by atoms with Crippen molar-refractivity contribution in [2.75, 3.05) is 13.1 Å². The predicted molar refractivity (Wildman–Crippen MR) is 92.0 cm³/mol. The van der Waals surface area contributed by atoms with Gasteiger partial charge in [-0.2, -0.15) is 0 Å². The number of nitrogens with one attached hydrogen (secondary N) is 1. The number of hydrogen-bond acceptors (Lipinski definition) is 2. The molecule has 3 rings (SSSR count). The van der Waals surface area contributed by atoms with Crippen LogP contribution < -0.4 is 5.32 Å². The molecule has 6 heteroatoms. The molecule has 2 aliphatic rings. The van der Waals surface area contributed by atoms with Gasteiger partial charge in [-0.15, -0.1) is 0 Å². The minimum atomic E-state index is -0.844. The molecule has 1 saturated carbocycles. The lowest BCUT2D eigenvalue weighted by Crippen LogP contribution is -2.44. The van der Waals surface area contributed by atoms with E-state index in [2.05, 4.69) is 5.32 Å². The molecule has 1 aromatic rings. The van der Waals surface area contributed by atoms with Gasteiger partial charge in [-0.05, 0) is 49.8 Å². The second kappa shape index (κ2) is 6.63. The first-order valence-corrected chi connectivity index (χ1v) is 8.81. The number of hydrogen-bond donors (Lipinski definition) is 2. The number of likely N-dealkylation sites (tertiary alicyclic amines) is 1. The van der Waals surface area contributed by atoms with Crippen molar-refractivity contribution in [2.24, 2.45) is 11.3 Å². The van der Waals surface area contributed by atoms with E-state index >= 15 is 0 Å². The molecule has 0 radical (unpaired) electrons. The SMILES string of the molecule is CC1(C(=O)O)CCN(C(=O)NC(c2ccc(Cl)cc2)C2CCC2)C1. The summed E-state index contributed by atoms with van der Waals surface area (Å²) in [6.45, 7) is 2.43. The van der Waals surface area contributed by atoms with Gasteiger partial charge in [-0.1, -0.05) is 30.2 Å². The zero-order chi connectivity index (χ0) is 17.3. The summed E-state index contributed by atoms with van der Waals surface area (Å²) in [4.78, 5) is 25.6. The molecular weight excluding hydrogens is 328 g/mol. The van der Waals surface area contributed by atoms with Crippen molar-refractivity contribution in [3.8, 4) is 0 Å². The number of carbonyl (C=O) groups is 2. The minimum Gasteiger partial charge on any atom is -0.481 e. The van der Waals surface area contributed by atoms with E-state index in [0.717, 1.165) is 18.4 Å². The zero-order valence-corrected chi connectivity index (χ0v) is 14.6. The number of carbonyl (C=O) groups excluding carboxylic acids is 1. The van der Waals surface area contributed by atoms with E-state index in [1.165, 1.54) is 6.42 Å². The Hall–Kier alpha value is -1.75. The van der Waals surface area contributed by atoms with Crippen molar-refractivity contribution < 1.29 is 14.7 Å². The quantitative estimate of drug-likeness (QED) is 0.870. The summed E-state index contributed by atoms with van der Waals surface area (Å²) in [5.74, 6) is -0.408. The van der Waals surface area contributed by atoms with Crippen molar-refractivity contribution in [3.05, 3.63) is 34.9 Å². The molecule has 24 heavy (non-hydrogen) atoms. The molecule has 1 aromatic carbocycles. The number of aliphatic carboxylic acids is 1. The van der Waals surface area contributed by atoms with E-state index in [1.54, 1.807) is 11.8 Å². The molecule has 2 unspecified atom stereocenters. The second-order valence-corrected chi connectivity index (χ2v) is 7.64. The average Bonchev–Trinajstić information content (AvgIpc) is 2.90. The van der Waals surface area contributed by atoms with Crippen LogP contribution in [0, 0.1) is 11.3 Å². The van der Waals surface area contributed by atoms with Crippen molar-refractivity contribution in [2.45, 2.75) is 38.6 Å². The molecule has 2 amide bonds. The Morgan fingerprint density at radius 1 is 1.33 bits per heavy atom. The zero-order valence-electron chi connectivity index (χ0n) is 13.8. The largest absolute Gasteiger partial charge is 0.481 e. The number of urea groups is 1. The number of rotatable bonds is 4. The van der Waals surface area contributed by atoms with Gasteiger partial charge in [-0.3, -0.25) is 4.79 Å². The predicted octanol–water partition coefficient (Wildman–Crippen LogP) is 3.69. The molecule has 0 spiro atoms. The van der Waals surface area contributed by atoms with E-state index < -0.39 is 11.4 Å². The number of amides is 2. The molecule has 0 aromatic heterocycles. The molecule has 0 bridgehead atoms. The standard InChI is InChI=1S/C18H23ClN2O3/c1-18(16(22)23)9-10-21(11-18)17(24)20-15(12-3-2-4-12)13-5-7-14(19)8-6-13/h5-8,12,15H,2-4,9-11H2,1H3,(H,20,24)(H,22,23). The van der Waals surface area contributed by atoms with Crippen LogP contribution in [0.25, 0.3) is 0 Å². The van der Waals surface area contributed by atoms with Crippen LogP contribution in [0.2, 0.25) is 5.02 Å². The molecule has 2 atom stereocenters. The summed E-state index contributed by atoms with van der Waals surface area (Å²) in [5.41, 5.74) is 0.210. The number of halogens is 1. The highest BCUT2D eigenvalue weighted by Crippen LogP contribution is 2.38. The van der Waals surface area contributed by atoms with E-state index in [0.29, 0.717) is 23.9 Å². The van der Waals surface area contributed by atoms with E-state index in [1.807, 2.05) is 24.3 Å². The van der Waals surface area contributed by atoms with Crippen molar-refractivity contribution in [1.29, 1.82) is 0 Å². The summed E-state index contributed by atoms with van der Waals surface area (Å²) in [6, 6.07) is 7.37. The smallest absolute Gasteiger partial charge is 0.317 e. The highest BCUT2D eigenvalue weighted by molar-refractivity contribution is 6.30. The van der Waals surface area contributed by atoms with Crippen molar-refractivity contribution in [1.82, 2.24) is 10.2 Å². The van der Waals surface area contributed by atoms with Crippen LogP contribution in [-0.2, 0) is 4.79 Å². The van der Waals surface area contributed by atoms with Gasteiger partial charge < -0.3 is 15.3 Å². The maximum Gasteiger partial charge on any atom is 0.317 e. The van der Waals surface area contributed by atoms with Gasteiger partial charge in [0, 0.05) is 18.1 Å².